The van der Waals surface area contributed by atoms with E-state index in [0.29, 0.717) is 12.4 Å². The molecule has 0 atom stereocenters. The van der Waals surface area contributed by atoms with Crippen LogP contribution in [-0.4, -0.2) is 11.4 Å². The van der Waals surface area contributed by atoms with Crippen molar-refractivity contribution < 1.29 is 4.39 Å². The van der Waals surface area contributed by atoms with Crippen LogP contribution in [-0.2, 0) is 6.54 Å². The van der Waals surface area contributed by atoms with E-state index in [1.807, 2.05) is 12.1 Å². The number of hydrogen-bond donors (Lipinski definition) is 1. The Labute approximate surface area is 107 Å². The lowest BCUT2D eigenvalue weighted by atomic mass is 9.83. The van der Waals surface area contributed by atoms with Crippen molar-refractivity contribution in [2.45, 2.75) is 44.2 Å². The molecule has 0 bridgehead atoms. The van der Waals surface area contributed by atoms with E-state index in [4.69, 9.17) is 11.6 Å². The van der Waals surface area contributed by atoms with Gasteiger partial charge in [-0.25, -0.2) is 4.39 Å². The average Bonchev–Trinajstić information content (AvgIpc) is 2.39. The zero-order valence-electron chi connectivity index (χ0n) is 10.0. The van der Waals surface area contributed by atoms with Gasteiger partial charge < -0.3 is 5.32 Å². The second-order valence-electron chi connectivity index (χ2n) is 4.92. The maximum atomic E-state index is 13.5. The monoisotopic (exact) mass is 255 g/mol. The molecule has 1 aromatic rings. The number of alkyl halides is 1. The van der Waals surface area contributed by atoms with Gasteiger partial charge >= 0.3 is 0 Å². The minimum Gasteiger partial charge on any atom is -0.306 e. The molecule has 1 aromatic carbocycles. The third-order valence-electron chi connectivity index (χ3n) is 3.68. The molecule has 0 radical (unpaired) electrons. The van der Waals surface area contributed by atoms with Crippen molar-refractivity contribution in [3.05, 3.63) is 35.6 Å². The summed E-state index contributed by atoms with van der Waals surface area (Å²) < 4.78 is 13.5. The van der Waals surface area contributed by atoms with E-state index >= 15 is 0 Å². The molecule has 0 saturated heterocycles. The summed E-state index contributed by atoms with van der Waals surface area (Å²) in [5, 5.41) is 3.47. The Morgan fingerprint density at radius 2 is 1.88 bits per heavy atom. The molecule has 0 aromatic heterocycles. The summed E-state index contributed by atoms with van der Waals surface area (Å²) in [4.78, 5) is 0. The van der Waals surface area contributed by atoms with Crippen molar-refractivity contribution in [3.8, 4) is 0 Å². The molecule has 1 saturated carbocycles. The highest BCUT2D eigenvalue weighted by molar-refractivity contribution is 6.18. The fourth-order valence-corrected chi connectivity index (χ4v) is 2.87. The number of halogens is 2. The molecular formula is C14H19ClFN. The topological polar surface area (TPSA) is 12.0 Å². The first-order valence-corrected chi connectivity index (χ1v) is 6.84. The summed E-state index contributed by atoms with van der Waals surface area (Å²) in [5.74, 6) is 0.474. The lowest BCUT2D eigenvalue weighted by molar-refractivity contribution is 0.255. The van der Waals surface area contributed by atoms with Crippen molar-refractivity contribution in [1.82, 2.24) is 5.32 Å². The number of rotatable bonds is 4. The summed E-state index contributed by atoms with van der Waals surface area (Å²) in [7, 11) is 0. The standard InChI is InChI=1S/C14H19ClFN/c15-11-14(8-4-1-5-9-14)17-10-12-6-2-3-7-13(12)16/h2-3,6-7,17H,1,4-5,8-11H2. The Balaban J connectivity index is 1.98. The van der Waals surface area contributed by atoms with Crippen LogP contribution in [0.5, 0.6) is 0 Å². The van der Waals surface area contributed by atoms with Crippen LogP contribution in [0.2, 0.25) is 0 Å². The van der Waals surface area contributed by atoms with Crippen LogP contribution in [0.25, 0.3) is 0 Å². The Morgan fingerprint density at radius 3 is 2.53 bits per heavy atom. The van der Waals surface area contributed by atoms with Gasteiger partial charge in [-0.1, -0.05) is 37.5 Å². The van der Waals surface area contributed by atoms with Gasteiger partial charge in [0.1, 0.15) is 5.82 Å². The average molecular weight is 256 g/mol. The third-order valence-corrected chi connectivity index (χ3v) is 4.19. The van der Waals surface area contributed by atoms with E-state index in [9.17, 15) is 4.39 Å². The number of hydrogen-bond acceptors (Lipinski definition) is 1. The predicted octanol–water partition coefficient (Wildman–Crippen LogP) is 3.86. The van der Waals surface area contributed by atoms with Crippen molar-refractivity contribution in [1.29, 1.82) is 0 Å². The van der Waals surface area contributed by atoms with Crippen LogP contribution in [0.4, 0.5) is 4.39 Å². The maximum Gasteiger partial charge on any atom is 0.127 e. The van der Waals surface area contributed by atoms with E-state index in [1.54, 1.807) is 6.07 Å². The van der Waals surface area contributed by atoms with Crippen LogP contribution in [0, 0.1) is 5.82 Å². The van der Waals surface area contributed by atoms with E-state index in [1.165, 1.54) is 25.3 Å². The SMILES string of the molecule is Fc1ccccc1CNC1(CCl)CCCCC1. The van der Waals surface area contributed by atoms with Gasteiger partial charge in [0, 0.05) is 23.5 Å². The lowest BCUT2D eigenvalue weighted by Crippen LogP contribution is -2.48. The largest absolute Gasteiger partial charge is 0.306 e. The normalized spacial score (nSPS) is 19.2. The van der Waals surface area contributed by atoms with Gasteiger partial charge in [0.15, 0.2) is 0 Å². The van der Waals surface area contributed by atoms with Crippen molar-refractivity contribution in [2.24, 2.45) is 0 Å². The highest BCUT2D eigenvalue weighted by Crippen LogP contribution is 2.29. The predicted molar refractivity (Wildman–Crippen MR) is 69.8 cm³/mol. The van der Waals surface area contributed by atoms with Crippen LogP contribution in [0.15, 0.2) is 24.3 Å². The Bertz CT molecular complexity index is 361. The van der Waals surface area contributed by atoms with Crippen LogP contribution in [0.3, 0.4) is 0 Å². The molecule has 1 aliphatic carbocycles. The van der Waals surface area contributed by atoms with E-state index < -0.39 is 0 Å². The van der Waals surface area contributed by atoms with E-state index in [-0.39, 0.29) is 11.4 Å². The second kappa shape index (κ2) is 5.83. The van der Waals surface area contributed by atoms with Crippen molar-refractivity contribution in [3.63, 3.8) is 0 Å². The molecule has 94 valence electrons. The molecule has 1 nitrogen and oxygen atoms in total. The zero-order chi connectivity index (χ0) is 12.1. The Hall–Kier alpha value is -0.600. The van der Waals surface area contributed by atoms with Gasteiger partial charge in [-0.3, -0.25) is 0 Å². The quantitative estimate of drug-likeness (QED) is 0.806. The molecule has 2 rings (SSSR count). The molecule has 0 amide bonds. The molecular weight excluding hydrogens is 237 g/mol. The van der Waals surface area contributed by atoms with Crippen molar-refractivity contribution in [2.75, 3.05) is 5.88 Å². The molecule has 3 heteroatoms. The lowest BCUT2D eigenvalue weighted by Gasteiger charge is -2.36. The highest BCUT2D eigenvalue weighted by Gasteiger charge is 2.30. The third kappa shape index (κ3) is 3.20. The molecule has 0 aliphatic heterocycles. The molecule has 1 fully saturated rings. The van der Waals surface area contributed by atoms with Crippen molar-refractivity contribution >= 4 is 11.6 Å². The van der Waals surface area contributed by atoms with Gasteiger partial charge in [-0.2, -0.15) is 0 Å². The maximum absolute atomic E-state index is 13.5. The molecule has 0 heterocycles. The first-order chi connectivity index (χ1) is 8.26. The molecule has 0 spiro atoms. The van der Waals surface area contributed by atoms with Crippen LogP contribution in [0.1, 0.15) is 37.7 Å². The Kier molecular flexibility index (Phi) is 4.41. The van der Waals surface area contributed by atoms with E-state index in [0.717, 1.165) is 18.4 Å². The fourth-order valence-electron chi connectivity index (χ4n) is 2.51. The minimum absolute atomic E-state index is 0.0160. The summed E-state index contributed by atoms with van der Waals surface area (Å²) in [5.41, 5.74) is 0.741. The summed E-state index contributed by atoms with van der Waals surface area (Å²) in [6.45, 7) is 0.569. The summed E-state index contributed by atoms with van der Waals surface area (Å²) in [6.07, 6.45) is 5.93. The highest BCUT2D eigenvalue weighted by atomic mass is 35.5. The summed E-state index contributed by atoms with van der Waals surface area (Å²) >= 11 is 6.09. The number of nitrogens with one attached hydrogen (secondary N) is 1. The van der Waals surface area contributed by atoms with Crippen LogP contribution < -0.4 is 5.32 Å². The first kappa shape index (κ1) is 12.8. The smallest absolute Gasteiger partial charge is 0.127 e. The van der Waals surface area contributed by atoms with Gasteiger partial charge in [0.05, 0.1) is 0 Å². The second-order valence-corrected chi connectivity index (χ2v) is 5.19. The van der Waals surface area contributed by atoms with Gasteiger partial charge in [-0.05, 0) is 18.9 Å². The van der Waals surface area contributed by atoms with E-state index in [2.05, 4.69) is 5.32 Å². The zero-order valence-corrected chi connectivity index (χ0v) is 10.8. The first-order valence-electron chi connectivity index (χ1n) is 6.30. The molecule has 0 unspecified atom stereocenters. The molecule has 17 heavy (non-hydrogen) atoms. The van der Waals surface area contributed by atoms with Gasteiger partial charge in [0.2, 0.25) is 0 Å². The molecule has 1 aliphatic rings. The minimum atomic E-state index is -0.138. The van der Waals surface area contributed by atoms with Gasteiger partial charge in [0.25, 0.3) is 0 Å². The number of benzene rings is 1. The fraction of sp³-hybridized carbons (Fsp3) is 0.571. The molecule has 1 N–H and O–H groups in total. The Morgan fingerprint density at radius 1 is 1.18 bits per heavy atom. The van der Waals surface area contributed by atoms with Gasteiger partial charge in [-0.15, -0.1) is 11.6 Å². The summed E-state index contributed by atoms with van der Waals surface area (Å²) in [6, 6.07) is 6.92. The van der Waals surface area contributed by atoms with Crippen LogP contribution >= 0.6 is 11.6 Å².